The molecule has 0 spiro atoms. The Labute approximate surface area is 107 Å². The van der Waals surface area contributed by atoms with Crippen LogP contribution in [0.15, 0.2) is 54.6 Å². The minimum atomic E-state index is 0.579. The second-order valence-corrected chi connectivity index (χ2v) is 4.20. The van der Waals surface area contributed by atoms with Gasteiger partial charge in [-0.3, -0.25) is 0 Å². The molecule has 0 fully saturated rings. The average Bonchev–Trinajstić information content (AvgIpc) is 2.39. The molecular weight excluding hydrogens is 230 g/mol. The molecule has 1 nitrogen and oxygen atoms in total. The lowest BCUT2D eigenvalue weighted by Crippen LogP contribution is -2.13. The van der Waals surface area contributed by atoms with Gasteiger partial charge in [0.2, 0.25) is 0 Å². The van der Waals surface area contributed by atoms with Gasteiger partial charge in [-0.1, -0.05) is 54.6 Å². The first kappa shape index (κ1) is 12.2. The van der Waals surface area contributed by atoms with Crippen LogP contribution in [0.5, 0.6) is 0 Å². The molecule has 0 atom stereocenters. The highest BCUT2D eigenvalue weighted by atomic mass is 35.5. The van der Waals surface area contributed by atoms with Crippen LogP contribution in [0.3, 0.4) is 0 Å². The average molecular weight is 246 g/mol. The van der Waals surface area contributed by atoms with E-state index in [1.165, 1.54) is 16.3 Å². The first-order chi connectivity index (χ1) is 8.42. The van der Waals surface area contributed by atoms with Gasteiger partial charge in [0.1, 0.15) is 0 Å². The number of alkyl halides is 1. The number of nitrogens with one attached hydrogen (secondary N) is 1. The molecule has 2 heteroatoms. The normalized spacial score (nSPS) is 11.4. The van der Waals surface area contributed by atoms with Crippen LogP contribution in [0.25, 0.3) is 10.8 Å². The lowest BCUT2D eigenvalue weighted by molar-refractivity contribution is 0.764. The summed E-state index contributed by atoms with van der Waals surface area (Å²) in [6.07, 6.45) is 4.01. The Balaban J connectivity index is 2.05. The number of halogens is 1. The van der Waals surface area contributed by atoms with E-state index in [2.05, 4.69) is 53.9 Å². The Morgan fingerprint density at radius 3 is 2.71 bits per heavy atom. The predicted molar refractivity (Wildman–Crippen MR) is 75.5 cm³/mol. The van der Waals surface area contributed by atoms with Gasteiger partial charge in [-0.2, -0.15) is 0 Å². The van der Waals surface area contributed by atoms with Crippen molar-refractivity contribution < 1.29 is 0 Å². The van der Waals surface area contributed by atoms with Crippen molar-refractivity contribution in [2.75, 3.05) is 12.4 Å². The quantitative estimate of drug-likeness (QED) is 0.481. The van der Waals surface area contributed by atoms with Crippen molar-refractivity contribution in [3.8, 4) is 0 Å². The highest BCUT2D eigenvalue weighted by Gasteiger charge is 1.98. The van der Waals surface area contributed by atoms with Crippen LogP contribution in [0.4, 0.5) is 0 Å². The first-order valence-electron chi connectivity index (χ1n) is 5.80. The lowest BCUT2D eigenvalue weighted by Gasteiger charge is -2.06. The maximum atomic E-state index is 5.56. The Bertz CT molecular complexity index is 500. The zero-order valence-electron chi connectivity index (χ0n) is 9.70. The molecule has 0 aliphatic carbocycles. The topological polar surface area (TPSA) is 12.0 Å². The van der Waals surface area contributed by atoms with Crippen LogP contribution in [-0.2, 0) is 6.54 Å². The second kappa shape index (κ2) is 6.43. The Morgan fingerprint density at radius 1 is 1.00 bits per heavy atom. The molecule has 0 heterocycles. The molecule has 0 unspecified atom stereocenters. The maximum absolute atomic E-state index is 5.56. The third-order valence-corrected chi connectivity index (χ3v) is 2.89. The largest absolute Gasteiger partial charge is 0.309 e. The lowest BCUT2D eigenvalue weighted by atomic mass is 10.0. The van der Waals surface area contributed by atoms with E-state index >= 15 is 0 Å². The number of benzene rings is 2. The molecule has 2 rings (SSSR count). The van der Waals surface area contributed by atoms with Gasteiger partial charge in [-0.15, -0.1) is 11.6 Å². The molecule has 0 bridgehead atoms. The van der Waals surface area contributed by atoms with Crippen molar-refractivity contribution in [1.29, 1.82) is 0 Å². The number of allylic oxidation sites excluding steroid dienone is 1. The first-order valence-corrected chi connectivity index (χ1v) is 6.33. The minimum absolute atomic E-state index is 0.579. The van der Waals surface area contributed by atoms with Crippen LogP contribution in [-0.4, -0.2) is 12.4 Å². The summed E-state index contributed by atoms with van der Waals surface area (Å²) in [4.78, 5) is 0. The number of rotatable bonds is 5. The monoisotopic (exact) mass is 245 g/mol. The molecule has 0 radical (unpaired) electrons. The molecule has 0 aliphatic rings. The number of hydrogen-bond acceptors (Lipinski definition) is 1. The summed E-state index contributed by atoms with van der Waals surface area (Å²) in [5.74, 6) is 0.579. The van der Waals surface area contributed by atoms with Gasteiger partial charge in [0.05, 0.1) is 0 Å². The molecule has 0 aromatic heterocycles. The van der Waals surface area contributed by atoms with E-state index in [0.717, 1.165) is 13.1 Å². The van der Waals surface area contributed by atoms with E-state index in [4.69, 9.17) is 11.6 Å². The predicted octanol–water partition coefficient (Wildman–Crippen LogP) is 3.72. The highest BCUT2D eigenvalue weighted by Crippen LogP contribution is 2.17. The minimum Gasteiger partial charge on any atom is -0.309 e. The van der Waals surface area contributed by atoms with Crippen LogP contribution in [0.1, 0.15) is 5.56 Å². The van der Waals surface area contributed by atoms with Crippen LogP contribution in [0, 0.1) is 0 Å². The van der Waals surface area contributed by atoms with Crippen molar-refractivity contribution in [2.45, 2.75) is 6.54 Å². The molecule has 1 N–H and O–H groups in total. The zero-order chi connectivity index (χ0) is 11.9. The van der Waals surface area contributed by atoms with Crippen LogP contribution < -0.4 is 5.32 Å². The van der Waals surface area contributed by atoms with Crippen molar-refractivity contribution in [3.63, 3.8) is 0 Å². The molecule has 0 saturated heterocycles. The van der Waals surface area contributed by atoms with E-state index in [1.54, 1.807) is 0 Å². The standard InChI is InChI=1S/C15H16ClN/c16-10-3-4-11-17-12-14-8-5-7-13-6-1-2-9-15(13)14/h1-9,17H,10-12H2/b4-3+. The van der Waals surface area contributed by atoms with Gasteiger partial charge >= 0.3 is 0 Å². The summed E-state index contributed by atoms with van der Waals surface area (Å²) >= 11 is 5.56. The summed E-state index contributed by atoms with van der Waals surface area (Å²) < 4.78 is 0. The van der Waals surface area contributed by atoms with Crippen molar-refractivity contribution in [1.82, 2.24) is 5.32 Å². The third kappa shape index (κ3) is 3.32. The van der Waals surface area contributed by atoms with E-state index in [9.17, 15) is 0 Å². The maximum Gasteiger partial charge on any atom is 0.0404 e. The molecule has 0 aliphatic heterocycles. The van der Waals surface area contributed by atoms with Crippen molar-refractivity contribution in [2.24, 2.45) is 0 Å². The molecule has 0 amide bonds. The Kier molecular flexibility index (Phi) is 4.60. The van der Waals surface area contributed by atoms with E-state index < -0.39 is 0 Å². The summed E-state index contributed by atoms with van der Waals surface area (Å²) in [5.41, 5.74) is 1.34. The summed E-state index contributed by atoms with van der Waals surface area (Å²) in [6, 6.07) is 14.9. The molecular formula is C15H16ClN. The summed E-state index contributed by atoms with van der Waals surface area (Å²) in [7, 11) is 0. The number of fused-ring (bicyclic) bond motifs is 1. The zero-order valence-corrected chi connectivity index (χ0v) is 10.5. The van der Waals surface area contributed by atoms with Gasteiger partial charge in [-0.05, 0) is 16.3 Å². The van der Waals surface area contributed by atoms with Crippen LogP contribution >= 0.6 is 11.6 Å². The van der Waals surface area contributed by atoms with Gasteiger partial charge in [0.25, 0.3) is 0 Å². The van der Waals surface area contributed by atoms with E-state index in [1.807, 2.05) is 6.08 Å². The Hall–Kier alpha value is -1.31. The fourth-order valence-electron chi connectivity index (χ4n) is 1.88. The van der Waals surface area contributed by atoms with Crippen LogP contribution in [0.2, 0.25) is 0 Å². The number of hydrogen-bond donors (Lipinski definition) is 1. The summed E-state index contributed by atoms with van der Waals surface area (Å²) in [6.45, 7) is 1.74. The van der Waals surface area contributed by atoms with Gasteiger partial charge < -0.3 is 5.32 Å². The highest BCUT2D eigenvalue weighted by molar-refractivity contribution is 6.18. The SMILES string of the molecule is ClC/C=C/CNCc1cccc2ccccc12. The second-order valence-electron chi connectivity index (χ2n) is 3.89. The molecule has 2 aromatic carbocycles. The molecule has 17 heavy (non-hydrogen) atoms. The van der Waals surface area contributed by atoms with Crippen molar-refractivity contribution >= 4 is 22.4 Å². The molecule has 2 aromatic rings. The smallest absolute Gasteiger partial charge is 0.0404 e. The molecule has 0 saturated carbocycles. The third-order valence-electron chi connectivity index (χ3n) is 2.71. The van der Waals surface area contributed by atoms with E-state index in [0.29, 0.717) is 5.88 Å². The fraction of sp³-hybridized carbons (Fsp3) is 0.200. The van der Waals surface area contributed by atoms with Gasteiger partial charge in [0.15, 0.2) is 0 Å². The fourth-order valence-corrected chi connectivity index (χ4v) is 2.01. The Morgan fingerprint density at radius 2 is 1.82 bits per heavy atom. The van der Waals surface area contributed by atoms with Gasteiger partial charge in [0, 0.05) is 19.0 Å². The molecule has 88 valence electrons. The van der Waals surface area contributed by atoms with Gasteiger partial charge in [-0.25, -0.2) is 0 Å². The van der Waals surface area contributed by atoms with E-state index in [-0.39, 0.29) is 0 Å². The summed E-state index contributed by atoms with van der Waals surface area (Å²) in [5, 5.41) is 6.00. The van der Waals surface area contributed by atoms with Crippen molar-refractivity contribution in [3.05, 3.63) is 60.2 Å².